The van der Waals surface area contributed by atoms with Crippen molar-refractivity contribution < 1.29 is 9.53 Å². The summed E-state index contributed by atoms with van der Waals surface area (Å²) in [4.78, 5) is 36.2. The van der Waals surface area contributed by atoms with Crippen LogP contribution in [-0.4, -0.2) is 28.0 Å². The zero-order valence-electron chi connectivity index (χ0n) is 16.7. The van der Waals surface area contributed by atoms with E-state index in [0.29, 0.717) is 29.4 Å². The molecule has 0 saturated carbocycles. The standard InChI is InChI=1S/C22H24N4O3/c1-14(2)21-24-17(12-19(27)26-21)11-18(15-7-5-4-6-8-15)25-22(28)16-9-10-20(29-3)23-13-16/h4-10,12-14,18H,11H2,1-3H3,(H,25,28)(H,24,26,27)/t18-/m0/s1. The quantitative estimate of drug-likeness (QED) is 0.644. The van der Waals surface area contributed by atoms with Crippen LogP contribution in [0.5, 0.6) is 5.88 Å². The molecule has 0 aliphatic carbocycles. The summed E-state index contributed by atoms with van der Waals surface area (Å²) in [6, 6.07) is 14.0. The maximum Gasteiger partial charge on any atom is 0.253 e. The number of pyridine rings is 1. The smallest absolute Gasteiger partial charge is 0.253 e. The molecule has 2 heterocycles. The van der Waals surface area contributed by atoms with Crippen LogP contribution in [0, 0.1) is 0 Å². The van der Waals surface area contributed by atoms with E-state index in [2.05, 4.69) is 20.3 Å². The number of nitrogens with one attached hydrogen (secondary N) is 2. The molecule has 7 nitrogen and oxygen atoms in total. The van der Waals surface area contributed by atoms with Gasteiger partial charge >= 0.3 is 0 Å². The third-order valence-corrected chi connectivity index (χ3v) is 4.49. The predicted octanol–water partition coefficient (Wildman–Crippen LogP) is 3.01. The molecule has 0 fully saturated rings. The van der Waals surface area contributed by atoms with Crippen molar-refractivity contribution in [1.82, 2.24) is 20.3 Å². The molecular weight excluding hydrogens is 368 g/mol. The number of aromatic nitrogens is 3. The van der Waals surface area contributed by atoms with Gasteiger partial charge in [0.05, 0.1) is 24.4 Å². The van der Waals surface area contributed by atoms with Gasteiger partial charge < -0.3 is 15.0 Å². The Hall–Kier alpha value is -3.48. The van der Waals surface area contributed by atoms with Crippen molar-refractivity contribution in [2.24, 2.45) is 0 Å². The van der Waals surface area contributed by atoms with Gasteiger partial charge in [-0.25, -0.2) is 9.97 Å². The lowest BCUT2D eigenvalue weighted by Gasteiger charge is -2.19. The number of ether oxygens (including phenoxy) is 1. The molecule has 0 bridgehead atoms. The number of benzene rings is 1. The number of amides is 1. The van der Waals surface area contributed by atoms with Crippen LogP contribution < -0.4 is 15.6 Å². The fraction of sp³-hybridized carbons (Fsp3) is 0.273. The number of rotatable bonds is 7. The van der Waals surface area contributed by atoms with Gasteiger partial charge in [0, 0.05) is 30.7 Å². The summed E-state index contributed by atoms with van der Waals surface area (Å²) in [5.41, 5.74) is 1.78. The van der Waals surface area contributed by atoms with Crippen molar-refractivity contribution in [3.8, 4) is 5.88 Å². The van der Waals surface area contributed by atoms with E-state index < -0.39 is 0 Å². The summed E-state index contributed by atoms with van der Waals surface area (Å²) in [6.45, 7) is 3.93. The second-order valence-corrected chi connectivity index (χ2v) is 7.01. The minimum Gasteiger partial charge on any atom is -0.481 e. The first-order valence-corrected chi connectivity index (χ1v) is 9.42. The highest BCUT2D eigenvalue weighted by Crippen LogP contribution is 2.19. The average molecular weight is 392 g/mol. The van der Waals surface area contributed by atoms with E-state index in [9.17, 15) is 9.59 Å². The number of carbonyl (C=O) groups excluding carboxylic acids is 1. The number of H-pyrrole nitrogens is 1. The maximum absolute atomic E-state index is 12.8. The summed E-state index contributed by atoms with van der Waals surface area (Å²) < 4.78 is 5.04. The van der Waals surface area contributed by atoms with Crippen LogP contribution in [0.2, 0.25) is 0 Å². The minimum atomic E-state index is -0.347. The fourth-order valence-corrected chi connectivity index (χ4v) is 2.93. The van der Waals surface area contributed by atoms with Gasteiger partial charge in [0.2, 0.25) is 5.88 Å². The van der Waals surface area contributed by atoms with Gasteiger partial charge in [0.15, 0.2) is 0 Å². The van der Waals surface area contributed by atoms with E-state index in [4.69, 9.17) is 4.74 Å². The number of methoxy groups -OCH3 is 1. The molecular formula is C22H24N4O3. The molecule has 2 N–H and O–H groups in total. The molecule has 1 atom stereocenters. The second kappa shape index (κ2) is 9.14. The molecule has 3 aromatic rings. The van der Waals surface area contributed by atoms with E-state index in [1.807, 2.05) is 44.2 Å². The van der Waals surface area contributed by atoms with E-state index >= 15 is 0 Å². The fourth-order valence-electron chi connectivity index (χ4n) is 2.93. The van der Waals surface area contributed by atoms with Crippen LogP contribution in [0.15, 0.2) is 59.5 Å². The largest absolute Gasteiger partial charge is 0.481 e. The Labute approximate surface area is 169 Å². The number of carbonyl (C=O) groups is 1. The van der Waals surface area contributed by atoms with Crippen LogP contribution in [-0.2, 0) is 6.42 Å². The van der Waals surface area contributed by atoms with Gasteiger partial charge in [-0.2, -0.15) is 0 Å². The first-order chi connectivity index (χ1) is 14.0. The average Bonchev–Trinajstić information content (AvgIpc) is 2.73. The third-order valence-electron chi connectivity index (χ3n) is 4.49. The molecule has 29 heavy (non-hydrogen) atoms. The molecule has 0 spiro atoms. The SMILES string of the molecule is COc1ccc(C(=O)N[C@@H](Cc2cc(=O)[nH]c(C(C)C)n2)c2ccccc2)cn1. The van der Waals surface area contributed by atoms with Crippen LogP contribution in [0.25, 0.3) is 0 Å². The van der Waals surface area contributed by atoms with Gasteiger partial charge in [0.25, 0.3) is 11.5 Å². The first-order valence-electron chi connectivity index (χ1n) is 9.42. The molecule has 0 radical (unpaired) electrons. The van der Waals surface area contributed by atoms with Crippen molar-refractivity contribution in [3.63, 3.8) is 0 Å². The highest BCUT2D eigenvalue weighted by atomic mass is 16.5. The zero-order chi connectivity index (χ0) is 20.8. The summed E-state index contributed by atoms with van der Waals surface area (Å²) in [5, 5.41) is 3.03. The maximum atomic E-state index is 12.8. The zero-order valence-corrected chi connectivity index (χ0v) is 16.7. The molecule has 2 aromatic heterocycles. The molecule has 0 aliphatic rings. The Morgan fingerprint density at radius 1 is 1.17 bits per heavy atom. The topological polar surface area (TPSA) is 97.0 Å². The predicted molar refractivity (Wildman–Crippen MR) is 110 cm³/mol. The highest BCUT2D eigenvalue weighted by molar-refractivity contribution is 5.94. The minimum absolute atomic E-state index is 0.0952. The van der Waals surface area contributed by atoms with Crippen LogP contribution >= 0.6 is 0 Å². The van der Waals surface area contributed by atoms with Crippen LogP contribution in [0.1, 0.15) is 53.2 Å². The van der Waals surface area contributed by atoms with Crippen molar-refractivity contribution in [2.45, 2.75) is 32.2 Å². The lowest BCUT2D eigenvalue weighted by Crippen LogP contribution is -2.30. The normalized spacial score (nSPS) is 11.9. The van der Waals surface area contributed by atoms with Gasteiger partial charge in [-0.15, -0.1) is 0 Å². The Morgan fingerprint density at radius 2 is 1.93 bits per heavy atom. The number of hydrogen-bond acceptors (Lipinski definition) is 5. The van der Waals surface area contributed by atoms with Gasteiger partial charge in [-0.3, -0.25) is 9.59 Å². The Balaban J connectivity index is 1.87. The highest BCUT2D eigenvalue weighted by Gasteiger charge is 2.18. The van der Waals surface area contributed by atoms with Crippen LogP contribution in [0.4, 0.5) is 0 Å². The van der Waals surface area contributed by atoms with Crippen molar-refractivity contribution >= 4 is 5.91 Å². The molecule has 0 saturated heterocycles. The Kier molecular flexibility index (Phi) is 6.39. The van der Waals surface area contributed by atoms with Crippen molar-refractivity contribution in [2.75, 3.05) is 7.11 Å². The summed E-state index contributed by atoms with van der Waals surface area (Å²) in [6.07, 6.45) is 1.86. The first kappa shape index (κ1) is 20.3. The van der Waals surface area contributed by atoms with E-state index in [1.54, 1.807) is 12.1 Å². The second-order valence-electron chi connectivity index (χ2n) is 7.01. The van der Waals surface area contributed by atoms with E-state index in [0.717, 1.165) is 5.56 Å². The van der Waals surface area contributed by atoms with E-state index in [1.165, 1.54) is 19.4 Å². The van der Waals surface area contributed by atoms with Crippen LogP contribution in [0.3, 0.4) is 0 Å². The Morgan fingerprint density at radius 3 is 2.55 bits per heavy atom. The lowest BCUT2D eigenvalue weighted by molar-refractivity contribution is 0.0936. The number of hydrogen-bond donors (Lipinski definition) is 2. The van der Waals surface area contributed by atoms with Gasteiger partial charge in [-0.1, -0.05) is 44.2 Å². The van der Waals surface area contributed by atoms with Gasteiger partial charge in [-0.05, 0) is 11.6 Å². The third kappa shape index (κ3) is 5.28. The lowest BCUT2D eigenvalue weighted by atomic mass is 10.0. The molecule has 150 valence electrons. The molecule has 7 heteroatoms. The monoisotopic (exact) mass is 392 g/mol. The summed E-state index contributed by atoms with van der Waals surface area (Å²) in [7, 11) is 1.52. The number of nitrogens with zero attached hydrogens (tertiary/aromatic N) is 2. The molecule has 3 rings (SSSR count). The number of aromatic amines is 1. The molecule has 1 amide bonds. The van der Waals surface area contributed by atoms with Crippen molar-refractivity contribution in [1.29, 1.82) is 0 Å². The van der Waals surface area contributed by atoms with Gasteiger partial charge in [0.1, 0.15) is 5.82 Å². The van der Waals surface area contributed by atoms with Crippen molar-refractivity contribution in [3.05, 3.63) is 87.7 Å². The summed E-state index contributed by atoms with van der Waals surface area (Å²) >= 11 is 0. The molecule has 1 aromatic carbocycles. The molecule has 0 unspecified atom stereocenters. The summed E-state index contributed by atoms with van der Waals surface area (Å²) in [5.74, 6) is 0.904. The Bertz CT molecular complexity index is 1010. The molecule has 0 aliphatic heterocycles. The van der Waals surface area contributed by atoms with E-state index in [-0.39, 0.29) is 23.4 Å².